The standard InChI is InChI=1S/C55H36N4/c1-3-14-37(15-4-1)40-26-29-41(30-27-40)53-56-54(58-55(57-53)46-31-28-39-18-7-8-19-42(39)34-46)45-21-13-20-44(35-45)47-22-9-11-24-50(47)59-51-25-12-10-23-48(51)49-36-43(32-33-52(49)59)38-16-5-2-6-17-38/h1-36H. The summed E-state index contributed by atoms with van der Waals surface area (Å²) in [5, 5.41) is 4.76. The van der Waals surface area contributed by atoms with Crippen molar-refractivity contribution in [3.63, 3.8) is 0 Å². The smallest absolute Gasteiger partial charge is 0.164 e. The van der Waals surface area contributed by atoms with Crippen LogP contribution in [0.3, 0.4) is 0 Å². The highest BCUT2D eigenvalue weighted by atomic mass is 15.0. The number of benzene rings is 9. The lowest BCUT2D eigenvalue weighted by Crippen LogP contribution is -2.01. The molecule has 0 N–H and O–H groups in total. The summed E-state index contributed by atoms with van der Waals surface area (Å²) in [7, 11) is 0. The number of hydrogen-bond donors (Lipinski definition) is 0. The van der Waals surface area contributed by atoms with Gasteiger partial charge < -0.3 is 4.57 Å². The molecule has 0 unspecified atom stereocenters. The normalized spacial score (nSPS) is 11.4. The average molecular weight is 753 g/mol. The number of fused-ring (bicyclic) bond motifs is 4. The fraction of sp³-hybridized carbons (Fsp3) is 0. The quantitative estimate of drug-likeness (QED) is 0.163. The summed E-state index contributed by atoms with van der Waals surface area (Å²) in [5.74, 6) is 1.88. The highest BCUT2D eigenvalue weighted by Crippen LogP contribution is 2.39. The molecule has 2 aromatic heterocycles. The van der Waals surface area contributed by atoms with Crippen LogP contribution in [-0.2, 0) is 0 Å². The summed E-state index contributed by atoms with van der Waals surface area (Å²) in [5.41, 5.74) is 13.1. The largest absolute Gasteiger partial charge is 0.309 e. The summed E-state index contributed by atoms with van der Waals surface area (Å²) in [6, 6.07) is 77.1. The zero-order valence-corrected chi connectivity index (χ0v) is 32.1. The van der Waals surface area contributed by atoms with Gasteiger partial charge >= 0.3 is 0 Å². The maximum absolute atomic E-state index is 5.17. The fourth-order valence-electron chi connectivity index (χ4n) is 8.32. The van der Waals surface area contributed by atoms with Gasteiger partial charge in [0.1, 0.15) is 0 Å². The van der Waals surface area contributed by atoms with Crippen molar-refractivity contribution >= 4 is 32.6 Å². The van der Waals surface area contributed by atoms with Crippen LogP contribution in [0.1, 0.15) is 0 Å². The molecule has 0 saturated carbocycles. The van der Waals surface area contributed by atoms with Gasteiger partial charge in [0.2, 0.25) is 0 Å². The predicted octanol–water partition coefficient (Wildman–Crippen LogP) is 14.1. The van der Waals surface area contributed by atoms with Crippen molar-refractivity contribution in [2.45, 2.75) is 0 Å². The molecular weight excluding hydrogens is 717 g/mol. The van der Waals surface area contributed by atoms with E-state index in [4.69, 9.17) is 15.0 Å². The van der Waals surface area contributed by atoms with Crippen molar-refractivity contribution in [2.75, 3.05) is 0 Å². The minimum absolute atomic E-state index is 0.620. The third-order valence-electron chi connectivity index (χ3n) is 11.2. The van der Waals surface area contributed by atoms with Crippen LogP contribution >= 0.6 is 0 Å². The van der Waals surface area contributed by atoms with Crippen LogP contribution < -0.4 is 0 Å². The van der Waals surface area contributed by atoms with E-state index in [1.54, 1.807) is 0 Å². The van der Waals surface area contributed by atoms with Gasteiger partial charge in [0.15, 0.2) is 17.5 Å². The molecule has 11 rings (SSSR count). The molecule has 0 aliphatic heterocycles. The van der Waals surface area contributed by atoms with Crippen molar-refractivity contribution in [3.05, 3.63) is 218 Å². The summed E-state index contributed by atoms with van der Waals surface area (Å²) in [6.45, 7) is 0. The lowest BCUT2D eigenvalue weighted by atomic mass is 10.0. The molecule has 59 heavy (non-hydrogen) atoms. The second kappa shape index (κ2) is 14.5. The number of aromatic nitrogens is 4. The Hall–Kier alpha value is -7.95. The first-order chi connectivity index (χ1) is 29.2. The molecule has 276 valence electrons. The Bertz CT molecular complexity index is 3310. The van der Waals surface area contributed by atoms with Crippen molar-refractivity contribution < 1.29 is 0 Å². The van der Waals surface area contributed by atoms with Crippen molar-refractivity contribution in [2.24, 2.45) is 0 Å². The molecular formula is C55H36N4. The Morgan fingerprint density at radius 3 is 1.56 bits per heavy atom. The molecule has 0 aliphatic rings. The predicted molar refractivity (Wildman–Crippen MR) is 244 cm³/mol. The van der Waals surface area contributed by atoms with Crippen LogP contribution in [0.15, 0.2) is 218 Å². The summed E-state index contributed by atoms with van der Waals surface area (Å²) < 4.78 is 2.40. The van der Waals surface area contributed by atoms with E-state index in [0.717, 1.165) is 55.5 Å². The van der Waals surface area contributed by atoms with E-state index in [-0.39, 0.29) is 0 Å². The Morgan fingerprint density at radius 1 is 0.271 bits per heavy atom. The van der Waals surface area contributed by atoms with Crippen LogP contribution in [0.4, 0.5) is 0 Å². The van der Waals surface area contributed by atoms with Crippen LogP contribution in [0.25, 0.3) is 106 Å². The lowest BCUT2D eigenvalue weighted by molar-refractivity contribution is 1.07. The van der Waals surface area contributed by atoms with E-state index in [0.29, 0.717) is 17.5 Å². The van der Waals surface area contributed by atoms with Gasteiger partial charge in [-0.05, 0) is 75.0 Å². The number of para-hydroxylation sites is 2. The maximum atomic E-state index is 5.17. The molecule has 0 fully saturated rings. The van der Waals surface area contributed by atoms with E-state index in [1.807, 2.05) is 6.07 Å². The molecule has 9 aromatic carbocycles. The summed E-state index contributed by atoms with van der Waals surface area (Å²) >= 11 is 0. The van der Waals surface area contributed by atoms with Gasteiger partial charge in [-0.25, -0.2) is 15.0 Å². The number of rotatable bonds is 7. The van der Waals surface area contributed by atoms with E-state index in [9.17, 15) is 0 Å². The van der Waals surface area contributed by atoms with E-state index < -0.39 is 0 Å². The van der Waals surface area contributed by atoms with E-state index >= 15 is 0 Å². The minimum atomic E-state index is 0.620. The van der Waals surface area contributed by atoms with Crippen LogP contribution in [0.2, 0.25) is 0 Å². The molecule has 2 heterocycles. The third-order valence-corrected chi connectivity index (χ3v) is 11.2. The molecule has 0 saturated heterocycles. The molecule has 11 aromatic rings. The van der Waals surface area contributed by atoms with Gasteiger partial charge in [-0.2, -0.15) is 0 Å². The molecule has 0 amide bonds. The van der Waals surface area contributed by atoms with Gasteiger partial charge in [-0.1, -0.05) is 182 Å². The Morgan fingerprint density at radius 2 is 0.780 bits per heavy atom. The first-order valence-corrected chi connectivity index (χ1v) is 19.9. The SMILES string of the molecule is c1ccc(-c2ccc(-c3nc(-c4cccc(-c5ccccc5-n5c6ccccc6c6cc(-c7ccccc7)ccc65)c4)nc(-c4ccc5ccccc5c4)n3)cc2)cc1. The molecule has 4 heteroatoms. The van der Waals surface area contributed by atoms with Gasteiger partial charge in [0.05, 0.1) is 16.7 Å². The third kappa shape index (κ3) is 6.34. The monoisotopic (exact) mass is 752 g/mol. The zero-order valence-electron chi connectivity index (χ0n) is 32.1. The first-order valence-electron chi connectivity index (χ1n) is 19.9. The van der Waals surface area contributed by atoms with Crippen molar-refractivity contribution in [1.29, 1.82) is 0 Å². The second-order valence-corrected chi connectivity index (χ2v) is 14.9. The Kier molecular flexibility index (Phi) is 8.45. The molecule has 0 aliphatic carbocycles. The zero-order chi connectivity index (χ0) is 39.1. The van der Waals surface area contributed by atoms with Gasteiger partial charge in [0.25, 0.3) is 0 Å². The summed E-state index contributed by atoms with van der Waals surface area (Å²) in [4.78, 5) is 15.4. The van der Waals surface area contributed by atoms with E-state index in [1.165, 1.54) is 32.8 Å². The maximum Gasteiger partial charge on any atom is 0.164 e. The lowest BCUT2D eigenvalue weighted by Gasteiger charge is -2.15. The van der Waals surface area contributed by atoms with Crippen LogP contribution in [-0.4, -0.2) is 19.5 Å². The molecule has 4 nitrogen and oxygen atoms in total. The number of nitrogens with zero attached hydrogens (tertiary/aromatic N) is 4. The van der Waals surface area contributed by atoms with Crippen molar-refractivity contribution in [3.8, 4) is 73.2 Å². The van der Waals surface area contributed by atoms with Crippen LogP contribution in [0.5, 0.6) is 0 Å². The Balaban J connectivity index is 1.05. The Labute approximate surface area is 342 Å². The van der Waals surface area contributed by atoms with Gasteiger partial charge in [-0.3, -0.25) is 0 Å². The van der Waals surface area contributed by atoms with Crippen molar-refractivity contribution in [1.82, 2.24) is 19.5 Å². The molecule has 0 spiro atoms. The first kappa shape index (κ1) is 34.3. The molecule has 0 atom stereocenters. The highest BCUT2D eigenvalue weighted by molar-refractivity contribution is 6.11. The molecule has 0 bridgehead atoms. The van der Waals surface area contributed by atoms with E-state index in [2.05, 4.69) is 217 Å². The topological polar surface area (TPSA) is 43.6 Å². The highest BCUT2D eigenvalue weighted by Gasteiger charge is 2.18. The second-order valence-electron chi connectivity index (χ2n) is 14.9. The van der Waals surface area contributed by atoms with Gasteiger partial charge in [0, 0.05) is 33.0 Å². The molecule has 0 radical (unpaired) electrons. The average Bonchev–Trinajstić information content (AvgIpc) is 3.65. The van der Waals surface area contributed by atoms with Crippen LogP contribution in [0, 0.1) is 0 Å². The minimum Gasteiger partial charge on any atom is -0.309 e. The summed E-state index contributed by atoms with van der Waals surface area (Å²) in [6.07, 6.45) is 0. The van der Waals surface area contributed by atoms with Gasteiger partial charge in [-0.15, -0.1) is 0 Å². The number of hydrogen-bond acceptors (Lipinski definition) is 3. The fourth-order valence-corrected chi connectivity index (χ4v) is 8.32.